The second kappa shape index (κ2) is 8.16. The van der Waals surface area contributed by atoms with Crippen LogP contribution in [0.1, 0.15) is 29.9 Å². The number of nitrogens with one attached hydrogen (secondary N) is 1. The van der Waals surface area contributed by atoms with E-state index in [0.717, 1.165) is 37.1 Å². The van der Waals surface area contributed by atoms with Gasteiger partial charge in [-0.2, -0.15) is 0 Å². The van der Waals surface area contributed by atoms with E-state index in [1.807, 2.05) is 42.5 Å². The van der Waals surface area contributed by atoms with Crippen molar-refractivity contribution in [3.05, 3.63) is 65.5 Å². The molecule has 1 aliphatic rings. The molecule has 0 aliphatic carbocycles. The maximum atomic E-state index is 14.3. The van der Waals surface area contributed by atoms with Gasteiger partial charge in [-0.3, -0.25) is 0 Å². The number of rotatable bonds is 4. The van der Waals surface area contributed by atoms with Crippen LogP contribution in [0.4, 0.5) is 4.39 Å². The summed E-state index contributed by atoms with van der Waals surface area (Å²) in [5.41, 5.74) is 1.91. The molecular formula is C18H21ClFNO. The highest BCUT2D eigenvalue weighted by atomic mass is 35.5. The average molecular weight is 322 g/mol. The molecule has 1 heterocycles. The zero-order valence-corrected chi connectivity index (χ0v) is 13.2. The summed E-state index contributed by atoms with van der Waals surface area (Å²) in [5.74, 6) is 0.774. The third-order valence-electron chi connectivity index (χ3n) is 4.00. The van der Waals surface area contributed by atoms with E-state index < -0.39 is 0 Å². The molecule has 0 amide bonds. The van der Waals surface area contributed by atoms with Gasteiger partial charge < -0.3 is 10.1 Å². The lowest BCUT2D eigenvalue weighted by Crippen LogP contribution is -2.27. The molecule has 2 aromatic rings. The Bertz CT molecular complexity index is 585. The summed E-state index contributed by atoms with van der Waals surface area (Å²) in [6, 6.07) is 15.2. The van der Waals surface area contributed by atoms with Crippen molar-refractivity contribution in [3.63, 3.8) is 0 Å². The summed E-state index contributed by atoms with van der Waals surface area (Å²) >= 11 is 0. The van der Waals surface area contributed by atoms with Gasteiger partial charge in [0.2, 0.25) is 0 Å². The number of benzene rings is 2. The van der Waals surface area contributed by atoms with Gasteiger partial charge in [0, 0.05) is 6.07 Å². The minimum absolute atomic E-state index is 0. The molecule has 2 aromatic carbocycles. The monoisotopic (exact) mass is 321 g/mol. The highest BCUT2D eigenvalue weighted by Gasteiger charge is 2.18. The highest BCUT2D eigenvalue weighted by Crippen LogP contribution is 2.29. The van der Waals surface area contributed by atoms with Gasteiger partial charge in [-0.1, -0.05) is 36.4 Å². The zero-order chi connectivity index (χ0) is 14.5. The van der Waals surface area contributed by atoms with E-state index in [0.29, 0.717) is 18.3 Å². The van der Waals surface area contributed by atoms with Gasteiger partial charge in [-0.15, -0.1) is 12.4 Å². The Balaban J connectivity index is 0.00000176. The number of hydrogen-bond donors (Lipinski definition) is 1. The summed E-state index contributed by atoms with van der Waals surface area (Å²) in [7, 11) is 0. The standard InChI is InChI=1S/C18H20FNO.ClH/c19-18-12-16(21-13-14-4-2-1-3-5-14)6-7-17(18)15-8-10-20-11-9-15;/h1-7,12,15,20H,8-11,13H2;1H. The quantitative estimate of drug-likeness (QED) is 0.907. The summed E-state index contributed by atoms with van der Waals surface area (Å²) in [5, 5.41) is 3.31. The fraction of sp³-hybridized carbons (Fsp3) is 0.333. The van der Waals surface area contributed by atoms with E-state index in [9.17, 15) is 4.39 Å². The van der Waals surface area contributed by atoms with Crippen molar-refractivity contribution < 1.29 is 9.13 Å². The molecule has 118 valence electrons. The van der Waals surface area contributed by atoms with Crippen molar-refractivity contribution in [1.29, 1.82) is 0 Å². The van der Waals surface area contributed by atoms with E-state index in [4.69, 9.17) is 4.74 Å². The summed E-state index contributed by atoms with van der Waals surface area (Å²) in [6.45, 7) is 2.40. The minimum Gasteiger partial charge on any atom is -0.489 e. The fourth-order valence-electron chi connectivity index (χ4n) is 2.80. The van der Waals surface area contributed by atoms with Crippen molar-refractivity contribution in [2.45, 2.75) is 25.4 Å². The molecule has 0 radical (unpaired) electrons. The number of halogens is 2. The molecule has 3 rings (SSSR count). The summed E-state index contributed by atoms with van der Waals surface area (Å²) < 4.78 is 19.9. The topological polar surface area (TPSA) is 21.3 Å². The lowest BCUT2D eigenvalue weighted by Gasteiger charge is -2.23. The Morgan fingerprint density at radius 2 is 1.77 bits per heavy atom. The van der Waals surface area contributed by atoms with Gasteiger partial charge in [0.05, 0.1) is 0 Å². The van der Waals surface area contributed by atoms with Gasteiger partial charge in [-0.25, -0.2) is 4.39 Å². The average Bonchev–Trinajstić information content (AvgIpc) is 2.55. The molecule has 0 unspecified atom stereocenters. The van der Waals surface area contributed by atoms with Crippen molar-refractivity contribution in [2.24, 2.45) is 0 Å². The van der Waals surface area contributed by atoms with Crippen molar-refractivity contribution in [3.8, 4) is 5.75 Å². The predicted octanol–water partition coefficient (Wildman–Crippen LogP) is 4.29. The van der Waals surface area contributed by atoms with E-state index in [1.54, 1.807) is 0 Å². The normalized spacial score (nSPS) is 15.1. The third-order valence-corrected chi connectivity index (χ3v) is 4.00. The third kappa shape index (κ3) is 4.21. The Morgan fingerprint density at radius 3 is 2.45 bits per heavy atom. The van der Waals surface area contributed by atoms with E-state index in [1.165, 1.54) is 6.07 Å². The van der Waals surface area contributed by atoms with Crippen molar-refractivity contribution >= 4 is 12.4 Å². The van der Waals surface area contributed by atoms with Crippen LogP contribution in [0.2, 0.25) is 0 Å². The fourth-order valence-corrected chi connectivity index (χ4v) is 2.80. The van der Waals surface area contributed by atoms with Crippen LogP contribution in [-0.4, -0.2) is 13.1 Å². The van der Waals surface area contributed by atoms with Crippen molar-refractivity contribution in [1.82, 2.24) is 5.32 Å². The van der Waals surface area contributed by atoms with E-state index in [-0.39, 0.29) is 18.2 Å². The van der Waals surface area contributed by atoms with Crippen LogP contribution in [0, 0.1) is 5.82 Å². The first-order valence-corrected chi connectivity index (χ1v) is 7.50. The Labute approximate surface area is 137 Å². The Morgan fingerprint density at radius 1 is 1.05 bits per heavy atom. The molecule has 0 atom stereocenters. The van der Waals surface area contributed by atoms with Gasteiger partial charge in [0.25, 0.3) is 0 Å². The second-order valence-corrected chi connectivity index (χ2v) is 5.48. The lowest BCUT2D eigenvalue weighted by molar-refractivity contribution is 0.304. The lowest BCUT2D eigenvalue weighted by atomic mass is 9.90. The Kier molecular flexibility index (Phi) is 6.22. The van der Waals surface area contributed by atoms with Crippen LogP contribution in [0.15, 0.2) is 48.5 Å². The van der Waals surface area contributed by atoms with Crippen LogP contribution >= 0.6 is 12.4 Å². The summed E-state index contributed by atoms with van der Waals surface area (Å²) in [6.07, 6.45) is 2.00. The van der Waals surface area contributed by atoms with Gasteiger partial charge in [0.1, 0.15) is 18.2 Å². The second-order valence-electron chi connectivity index (χ2n) is 5.48. The van der Waals surface area contributed by atoms with Gasteiger partial charge >= 0.3 is 0 Å². The van der Waals surface area contributed by atoms with Gasteiger partial charge in [0.15, 0.2) is 0 Å². The molecule has 22 heavy (non-hydrogen) atoms. The molecule has 0 saturated carbocycles. The molecule has 0 aromatic heterocycles. The van der Waals surface area contributed by atoms with Crippen molar-refractivity contribution in [2.75, 3.05) is 13.1 Å². The molecule has 0 bridgehead atoms. The van der Waals surface area contributed by atoms with E-state index >= 15 is 0 Å². The Hall–Kier alpha value is -1.58. The van der Waals surface area contributed by atoms with Crippen LogP contribution in [0.3, 0.4) is 0 Å². The molecule has 1 fully saturated rings. The molecule has 1 N–H and O–H groups in total. The van der Waals surface area contributed by atoms with E-state index in [2.05, 4.69) is 5.32 Å². The molecule has 0 spiro atoms. The highest BCUT2D eigenvalue weighted by molar-refractivity contribution is 5.85. The van der Waals surface area contributed by atoms with Crippen LogP contribution in [0.5, 0.6) is 5.75 Å². The molecule has 4 heteroatoms. The molecule has 1 aliphatic heterocycles. The van der Waals surface area contributed by atoms with Crippen LogP contribution in [-0.2, 0) is 6.61 Å². The number of piperidine rings is 1. The summed E-state index contributed by atoms with van der Waals surface area (Å²) in [4.78, 5) is 0. The SMILES string of the molecule is Cl.Fc1cc(OCc2ccccc2)ccc1C1CCNCC1. The smallest absolute Gasteiger partial charge is 0.130 e. The van der Waals surface area contributed by atoms with Crippen LogP contribution in [0.25, 0.3) is 0 Å². The minimum atomic E-state index is -0.146. The zero-order valence-electron chi connectivity index (χ0n) is 12.4. The maximum Gasteiger partial charge on any atom is 0.130 e. The molecular weight excluding hydrogens is 301 g/mol. The van der Waals surface area contributed by atoms with Gasteiger partial charge in [-0.05, 0) is 49.0 Å². The van der Waals surface area contributed by atoms with Crippen LogP contribution < -0.4 is 10.1 Å². The number of hydrogen-bond acceptors (Lipinski definition) is 2. The number of ether oxygens (including phenoxy) is 1. The first kappa shape index (κ1) is 16.8. The first-order chi connectivity index (χ1) is 10.3. The largest absolute Gasteiger partial charge is 0.489 e. The predicted molar refractivity (Wildman–Crippen MR) is 89.3 cm³/mol. The molecule has 1 saturated heterocycles. The molecule has 2 nitrogen and oxygen atoms in total. The maximum absolute atomic E-state index is 14.3. The first-order valence-electron chi connectivity index (χ1n) is 7.50.